The summed E-state index contributed by atoms with van der Waals surface area (Å²) < 4.78 is 19.4. The average Bonchev–Trinajstić information content (AvgIpc) is 2.08. The molecule has 5 nitrogen and oxygen atoms in total. The number of aromatic nitrogens is 2. The van der Waals surface area contributed by atoms with E-state index >= 15 is 0 Å². The maximum absolute atomic E-state index is 8.78. The van der Waals surface area contributed by atoms with E-state index in [-0.39, 0.29) is 0 Å². The highest BCUT2D eigenvalue weighted by Gasteiger charge is 1.92. The van der Waals surface area contributed by atoms with Crippen LogP contribution in [0.5, 0.6) is 0 Å². The van der Waals surface area contributed by atoms with Crippen LogP contribution < -0.4 is 5.14 Å². The van der Waals surface area contributed by atoms with Crippen LogP contribution in [0.4, 0.5) is 0 Å². The molecule has 1 atom stereocenters. The van der Waals surface area contributed by atoms with Gasteiger partial charge in [0.1, 0.15) is 0 Å². The SMILES string of the molecule is Cc1cn(C)nc1C.NS(=O)[O-]. The summed E-state index contributed by atoms with van der Waals surface area (Å²) in [6.07, 6.45) is 2.01. The monoisotopic (exact) mass is 190 g/mol. The number of nitrogens with two attached hydrogens (primary N) is 1. The predicted octanol–water partition coefficient (Wildman–Crippen LogP) is -0.224. The van der Waals surface area contributed by atoms with Crippen LogP contribution in [0.3, 0.4) is 0 Å². The molecule has 1 heterocycles. The summed E-state index contributed by atoms with van der Waals surface area (Å²) in [6, 6.07) is 0. The highest BCUT2D eigenvalue weighted by molar-refractivity contribution is 7.76. The Balaban J connectivity index is 0.000000261. The minimum absolute atomic E-state index is 1.12. The van der Waals surface area contributed by atoms with Crippen molar-refractivity contribution in [3.8, 4) is 0 Å². The van der Waals surface area contributed by atoms with Gasteiger partial charge in [-0.3, -0.25) is 14.0 Å². The van der Waals surface area contributed by atoms with Gasteiger partial charge < -0.3 is 4.55 Å². The molecule has 0 aliphatic carbocycles. The van der Waals surface area contributed by atoms with Crippen LogP contribution in [0.2, 0.25) is 0 Å². The van der Waals surface area contributed by atoms with Gasteiger partial charge in [-0.2, -0.15) is 5.10 Å². The van der Waals surface area contributed by atoms with Gasteiger partial charge in [-0.15, -0.1) is 0 Å². The van der Waals surface area contributed by atoms with Crippen molar-refractivity contribution in [3.63, 3.8) is 0 Å². The number of nitrogens with zero attached hydrogens (tertiary/aromatic N) is 2. The first kappa shape index (κ1) is 11.3. The fourth-order valence-electron chi connectivity index (χ4n) is 0.718. The summed E-state index contributed by atoms with van der Waals surface area (Å²) in [5.74, 6) is 0. The Morgan fingerprint density at radius 1 is 1.67 bits per heavy atom. The van der Waals surface area contributed by atoms with E-state index in [0.717, 1.165) is 5.69 Å². The highest BCUT2D eigenvalue weighted by atomic mass is 32.2. The highest BCUT2D eigenvalue weighted by Crippen LogP contribution is 1.99. The third kappa shape index (κ3) is 5.00. The lowest BCUT2D eigenvalue weighted by atomic mass is 10.3. The number of rotatable bonds is 0. The van der Waals surface area contributed by atoms with Gasteiger partial charge >= 0.3 is 0 Å². The second-order valence-electron chi connectivity index (χ2n) is 2.33. The summed E-state index contributed by atoms with van der Waals surface area (Å²) >= 11 is -2.36. The molecular formula is C6H12N3O2S-. The topological polar surface area (TPSA) is 84.0 Å². The number of hydrogen-bond donors (Lipinski definition) is 1. The van der Waals surface area contributed by atoms with E-state index in [9.17, 15) is 0 Å². The first-order valence-corrected chi connectivity index (χ1v) is 4.37. The van der Waals surface area contributed by atoms with Gasteiger partial charge in [-0.25, -0.2) is 0 Å². The molecule has 12 heavy (non-hydrogen) atoms. The Morgan fingerprint density at radius 3 is 2.17 bits per heavy atom. The van der Waals surface area contributed by atoms with Crippen molar-refractivity contribution in [3.05, 3.63) is 17.5 Å². The van der Waals surface area contributed by atoms with Crippen LogP contribution in [0.15, 0.2) is 6.20 Å². The molecule has 70 valence electrons. The third-order valence-electron chi connectivity index (χ3n) is 1.26. The van der Waals surface area contributed by atoms with E-state index in [1.807, 2.05) is 24.9 Å². The molecule has 0 spiro atoms. The fraction of sp³-hybridized carbons (Fsp3) is 0.500. The molecule has 2 N–H and O–H groups in total. The third-order valence-corrected chi connectivity index (χ3v) is 1.26. The molecule has 6 heteroatoms. The van der Waals surface area contributed by atoms with Crippen LogP contribution in [-0.2, 0) is 18.3 Å². The van der Waals surface area contributed by atoms with Gasteiger partial charge in [-0.05, 0) is 19.4 Å². The Bertz CT molecular complexity index is 248. The van der Waals surface area contributed by atoms with E-state index in [1.54, 1.807) is 0 Å². The first-order chi connectivity index (χ1) is 5.43. The standard InChI is InChI=1S/C6H10N2.H3NO2S/c1-5-4-8(3)7-6(5)2;1-4(2)3/h4H,1-3H3;1H2,(H,2,3)/p-1. The molecule has 0 aromatic carbocycles. The molecule has 1 aromatic heterocycles. The van der Waals surface area contributed by atoms with Crippen molar-refractivity contribution < 1.29 is 8.76 Å². The molecule has 0 saturated heterocycles. The zero-order chi connectivity index (χ0) is 9.72. The van der Waals surface area contributed by atoms with Crippen molar-refractivity contribution in [2.24, 2.45) is 12.2 Å². The van der Waals surface area contributed by atoms with Crippen molar-refractivity contribution in [2.45, 2.75) is 13.8 Å². The molecule has 0 bridgehead atoms. The second-order valence-corrected chi connectivity index (χ2v) is 2.85. The summed E-state index contributed by atoms with van der Waals surface area (Å²) in [7, 11) is 1.93. The normalized spacial score (nSPS) is 11.8. The van der Waals surface area contributed by atoms with E-state index < -0.39 is 11.3 Å². The average molecular weight is 190 g/mol. The fourth-order valence-corrected chi connectivity index (χ4v) is 0.718. The van der Waals surface area contributed by atoms with Crippen molar-refractivity contribution >= 4 is 11.3 Å². The van der Waals surface area contributed by atoms with Gasteiger partial charge in [-0.1, -0.05) is 0 Å². The lowest BCUT2D eigenvalue weighted by Gasteiger charge is -1.85. The molecule has 0 radical (unpaired) electrons. The Hall–Kier alpha value is -0.720. The molecule has 1 unspecified atom stereocenters. The van der Waals surface area contributed by atoms with E-state index in [2.05, 4.69) is 17.2 Å². The summed E-state index contributed by atoms with van der Waals surface area (Å²) in [4.78, 5) is 0. The van der Waals surface area contributed by atoms with Crippen LogP contribution >= 0.6 is 0 Å². The summed E-state index contributed by atoms with van der Waals surface area (Å²) in [5.41, 5.74) is 2.38. The first-order valence-electron chi connectivity index (χ1n) is 3.24. The minimum atomic E-state index is -2.36. The van der Waals surface area contributed by atoms with E-state index in [4.69, 9.17) is 8.76 Å². The smallest absolute Gasteiger partial charge is 0.0622 e. The van der Waals surface area contributed by atoms with Gasteiger partial charge in [0.25, 0.3) is 0 Å². The van der Waals surface area contributed by atoms with Crippen molar-refractivity contribution in [2.75, 3.05) is 0 Å². The van der Waals surface area contributed by atoms with Gasteiger partial charge in [0.15, 0.2) is 0 Å². The lowest BCUT2D eigenvalue weighted by Crippen LogP contribution is -1.97. The van der Waals surface area contributed by atoms with Gasteiger partial charge in [0.05, 0.1) is 5.69 Å². The molecule has 0 fully saturated rings. The van der Waals surface area contributed by atoms with Gasteiger partial charge in [0, 0.05) is 24.5 Å². The predicted molar refractivity (Wildman–Crippen MR) is 45.8 cm³/mol. The minimum Gasteiger partial charge on any atom is -0.760 e. The Kier molecular flexibility index (Phi) is 4.72. The van der Waals surface area contributed by atoms with Gasteiger partial charge in [0.2, 0.25) is 0 Å². The maximum atomic E-state index is 8.78. The Labute approximate surface area is 74.0 Å². The van der Waals surface area contributed by atoms with Crippen LogP contribution in [-0.4, -0.2) is 18.5 Å². The number of hydrogen-bond acceptors (Lipinski definition) is 3. The van der Waals surface area contributed by atoms with Crippen molar-refractivity contribution in [1.29, 1.82) is 0 Å². The molecule has 1 aromatic rings. The van der Waals surface area contributed by atoms with Crippen LogP contribution in [0.25, 0.3) is 0 Å². The molecule has 0 aliphatic rings. The summed E-state index contributed by atoms with van der Waals surface area (Å²) in [6.45, 7) is 4.07. The molecule has 0 amide bonds. The van der Waals surface area contributed by atoms with Crippen molar-refractivity contribution in [1.82, 2.24) is 9.78 Å². The van der Waals surface area contributed by atoms with E-state index in [0.29, 0.717) is 0 Å². The zero-order valence-electron chi connectivity index (χ0n) is 7.27. The second kappa shape index (κ2) is 5.02. The molecule has 0 aliphatic heterocycles. The lowest BCUT2D eigenvalue weighted by molar-refractivity contribution is 0.539. The largest absolute Gasteiger partial charge is 0.760 e. The maximum Gasteiger partial charge on any atom is 0.0622 e. The van der Waals surface area contributed by atoms with Crippen LogP contribution in [0, 0.1) is 13.8 Å². The summed E-state index contributed by atoms with van der Waals surface area (Å²) in [5, 5.41) is 8.16. The van der Waals surface area contributed by atoms with E-state index in [1.165, 1.54) is 5.56 Å². The number of aryl methyl sites for hydroxylation is 3. The molecule has 1 rings (SSSR count). The Morgan fingerprint density at radius 2 is 2.08 bits per heavy atom. The van der Waals surface area contributed by atoms with Crippen LogP contribution in [0.1, 0.15) is 11.3 Å². The molecule has 0 saturated carbocycles. The quantitative estimate of drug-likeness (QED) is 0.574. The zero-order valence-corrected chi connectivity index (χ0v) is 8.09. The molecular weight excluding hydrogens is 178 g/mol.